The lowest BCUT2D eigenvalue weighted by atomic mass is 10.1. The zero-order valence-electron chi connectivity index (χ0n) is 15.8. The average molecular weight is 397 g/mol. The predicted octanol–water partition coefficient (Wildman–Crippen LogP) is 4.78. The first kappa shape index (κ1) is 19.1. The number of alkyl halides is 3. The van der Waals surface area contributed by atoms with Gasteiger partial charge in [0.1, 0.15) is 5.69 Å². The van der Waals surface area contributed by atoms with Gasteiger partial charge in [-0.15, -0.1) is 0 Å². The van der Waals surface area contributed by atoms with Gasteiger partial charge >= 0.3 is 6.18 Å². The summed E-state index contributed by atoms with van der Waals surface area (Å²) in [5.41, 5.74) is 2.22. The summed E-state index contributed by atoms with van der Waals surface area (Å²) in [6.45, 7) is 2.02. The third-order valence-electron chi connectivity index (χ3n) is 4.76. The van der Waals surface area contributed by atoms with Crippen molar-refractivity contribution in [1.82, 2.24) is 25.1 Å². The van der Waals surface area contributed by atoms with Crippen molar-refractivity contribution in [2.24, 2.45) is 0 Å². The topological polar surface area (TPSA) is 55.6 Å². The molecular formula is C21H18F3N5. The lowest BCUT2D eigenvalue weighted by Gasteiger charge is -2.11. The molecule has 1 atom stereocenters. The number of halogens is 3. The van der Waals surface area contributed by atoms with E-state index in [4.69, 9.17) is 4.98 Å². The van der Waals surface area contributed by atoms with Gasteiger partial charge in [-0.25, -0.2) is 9.67 Å². The highest BCUT2D eigenvalue weighted by molar-refractivity contribution is 5.84. The molecule has 5 nitrogen and oxygen atoms in total. The Labute approximate surface area is 165 Å². The van der Waals surface area contributed by atoms with E-state index in [1.165, 1.54) is 16.8 Å². The number of hydrogen-bond acceptors (Lipinski definition) is 4. The molecule has 4 aromatic rings. The molecule has 1 N–H and O–H groups in total. The van der Waals surface area contributed by atoms with Gasteiger partial charge in [0.15, 0.2) is 5.82 Å². The van der Waals surface area contributed by atoms with E-state index in [0.29, 0.717) is 5.52 Å². The van der Waals surface area contributed by atoms with Crippen molar-refractivity contribution >= 4 is 10.9 Å². The Balaban J connectivity index is 1.80. The zero-order valence-corrected chi connectivity index (χ0v) is 15.8. The van der Waals surface area contributed by atoms with E-state index >= 15 is 0 Å². The summed E-state index contributed by atoms with van der Waals surface area (Å²) in [6, 6.07) is 15.3. The minimum Gasteiger partial charge on any atom is -0.312 e. The molecule has 3 aromatic heterocycles. The van der Waals surface area contributed by atoms with Gasteiger partial charge in [-0.2, -0.15) is 18.3 Å². The van der Waals surface area contributed by atoms with Gasteiger partial charge in [0.25, 0.3) is 0 Å². The molecule has 0 radical (unpaired) electrons. The smallest absolute Gasteiger partial charge is 0.312 e. The van der Waals surface area contributed by atoms with E-state index in [1.807, 2.05) is 50.4 Å². The highest BCUT2D eigenvalue weighted by atomic mass is 19.4. The Morgan fingerprint density at radius 1 is 1.00 bits per heavy atom. The molecule has 0 aliphatic carbocycles. The molecule has 8 heteroatoms. The molecule has 4 rings (SSSR count). The fourth-order valence-electron chi connectivity index (χ4n) is 3.06. The van der Waals surface area contributed by atoms with Gasteiger partial charge in [0.05, 0.1) is 23.1 Å². The number of hydrogen-bond donors (Lipinski definition) is 1. The summed E-state index contributed by atoms with van der Waals surface area (Å²) in [5, 5.41) is 8.19. The Bertz CT molecular complexity index is 1170. The molecule has 0 saturated carbocycles. The quantitative estimate of drug-likeness (QED) is 0.538. The number of pyridine rings is 2. The third kappa shape index (κ3) is 3.71. The van der Waals surface area contributed by atoms with Crippen molar-refractivity contribution < 1.29 is 13.2 Å². The van der Waals surface area contributed by atoms with E-state index in [-0.39, 0.29) is 11.9 Å². The molecule has 0 amide bonds. The van der Waals surface area contributed by atoms with Crippen LogP contribution in [0.15, 0.2) is 60.8 Å². The van der Waals surface area contributed by atoms with Crippen LogP contribution in [0.25, 0.3) is 28.0 Å². The van der Waals surface area contributed by atoms with Gasteiger partial charge < -0.3 is 5.32 Å². The predicted molar refractivity (Wildman–Crippen MR) is 105 cm³/mol. The average Bonchev–Trinajstić information content (AvgIpc) is 3.16. The SMILES string of the molecule is CN[C@H](C)c1cccc(-c2ccc3cnn(-c4cccc(C(F)(F)F)n4)c3c2)n1. The molecular weight excluding hydrogens is 379 g/mol. The van der Waals surface area contributed by atoms with Crippen LogP contribution in [0.1, 0.15) is 24.4 Å². The maximum absolute atomic E-state index is 13.0. The molecule has 0 aliphatic rings. The van der Waals surface area contributed by atoms with Crippen molar-refractivity contribution in [3.63, 3.8) is 0 Å². The molecule has 148 valence electrons. The Morgan fingerprint density at radius 2 is 1.79 bits per heavy atom. The highest BCUT2D eigenvalue weighted by Gasteiger charge is 2.32. The molecule has 0 saturated heterocycles. The molecule has 0 fully saturated rings. The van der Waals surface area contributed by atoms with Crippen LogP contribution in [0.2, 0.25) is 0 Å². The maximum atomic E-state index is 13.0. The fraction of sp³-hybridized carbons (Fsp3) is 0.190. The van der Waals surface area contributed by atoms with Crippen LogP contribution >= 0.6 is 0 Å². The minimum absolute atomic E-state index is 0.0958. The fourth-order valence-corrected chi connectivity index (χ4v) is 3.06. The molecule has 29 heavy (non-hydrogen) atoms. The summed E-state index contributed by atoms with van der Waals surface area (Å²) in [6.07, 6.45) is -2.91. The van der Waals surface area contributed by atoms with Crippen molar-refractivity contribution in [2.75, 3.05) is 7.05 Å². The van der Waals surface area contributed by atoms with E-state index in [1.54, 1.807) is 6.20 Å². The molecule has 1 aromatic carbocycles. The molecule has 3 heterocycles. The van der Waals surface area contributed by atoms with Crippen LogP contribution in [0.5, 0.6) is 0 Å². The normalized spacial score (nSPS) is 13.0. The first-order valence-corrected chi connectivity index (χ1v) is 9.04. The van der Waals surface area contributed by atoms with Crippen LogP contribution in [0.4, 0.5) is 13.2 Å². The number of fused-ring (bicyclic) bond motifs is 1. The van der Waals surface area contributed by atoms with Crippen molar-refractivity contribution in [3.8, 4) is 17.1 Å². The van der Waals surface area contributed by atoms with Crippen LogP contribution in [0.3, 0.4) is 0 Å². The Hall–Kier alpha value is -3.26. The van der Waals surface area contributed by atoms with Crippen molar-refractivity contribution in [2.45, 2.75) is 19.1 Å². The van der Waals surface area contributed by atoms with Gasteiger partial charge in [-0.05, 0) is 44.3 Å². The minimum atomic E-state index is -4.52. The number of aromatic nitrogens is 4. The molecule has 0 spiro atoms. The van der Waals surface area contributed by atoms with Crippen molar-refractivity contribution in [1.29, 1.82) is 0 Å². The first-order valence-electron chi connectivity index (χ1n) is 9.04. The van der Waals surface area contributed by atoms with E-state index < -0.39 is 11.9 Å². The van der Waals surface area contributed by atoms with E-state index in [9.17, 15) is 13.2 Å². The van der Waals surface area contributed by atoms with Gasteiger partial charge in [0.2, 0.25) is 0 Å². The van der Waals surface area contributed by atoms with E-state index in [2.05, 4.69) is 15.4 Å². The molecule has 0 unspecified atom stereocenters. The lowest BCUT2D eigenvalue weighted by Crippen LogP contribution is -2.13. The third-order valence-corrected chi connectivity index (χ3v) is 4.76. The Morgan fingerprint density at radius 3 is 2.55 bits per heavy atom. The molecule has 0 bridgehead atoms. The standard InChI is InChI=1S/C21H18F3N5/c1-13(25-2)16-5-3-6-17(27-16)14-9-10-15-12-26-29(18(15)11-14)20-8-4-7-19(28-20)21(22,23)24/h3-13,25H,1-2H3/t13-/m1/s1. The van der Waals surface area contributed by atoms with Gasteiger partial charge in [-0.3, -0.25) is 4.98 Å². The monoisotopic (exact) mass is 397 g/mol. The molecule has 0 aliphatic heterocycles. The highest BCUT2D eigenvalue weighted by Crippen LogP contribution is 2.29. The number of nitrogens with zero attached hydrogens (tertiary/aromatic N) is 4. The number of rotatable bonds is 4. The van der Waals surface area contributed by atoms with Crippen LogP contribution < -0.4 is 5.32 Å². The Kier molecular flexibility index (Phi) is 4.79. The number of nitrogens with one attached hydrogen (secondary N) is 1. The van der Waals surface area contributed by atoms with Gasteiger partial charge in [-0.1, -0.05) is 24.3 Å². The summed E-state index contributed by atoms with van der Waals surface area (Å²) >= 11 is 0. The summed E-state index contributed by atoms with van der Waals surface area (Å²) < 4.78 is 40.5. The van der Waals surface area contributed by atoms with E-state index in [0.717, 1.165) is 28.4 Å². The van der Waals surface area contributed by atoms with Crippen LogP contribution in [0, 0.1) is 0 Å². The summed E-state index contributed by atoms with van der Waals surface area (Å²) in [5.74, 6) is 0.109. The van der Waals surface area contributed by atoms with Crippen LogP contribution in [-0.4, -0.2) is 26.8 Å². The summed E-state index contributed by atoms with van der Waals surface area (Å²) in [4.78, 5) is 8.44. The largest absolute Gasteiger partial charge is 0.433 e. The first-order chi connectivity index (χ1) is 13.9. The zero-order chi connectivity index (χ0) is 20.6. The second-order valence-corrected chi connectivity index (χ2v) is 6.67. The van der Waals surface area contributed by atoms with Crippen LogP contribution in [-0.2, 0) is 6.18 Å². The second-order valence-electron chi connectivity index (χ2n) is 6.67. The second kappa shape index (κ2) is 7.29. The van der Waals surface area contributed by atoms with Crippen molar-refractivity contribution in [3.05, 3.63) is 72.2 Å². The van der Waals surface area contributed by atoms with Gasteiger partial charge in [0, 0.05) is 17.0 Å². The summed E-state index contributed by atoms with van der Waals surface area (Å²) in [7, 11) is 1.87. The maximum Gasteiger partial charge on any atom is 0.433 e. The lowest BCUT2D eigenvalue weighted by molar-refractivity contribution is -0.141. The number of benzene rings is 1.